The van der Waals surface area contributed by atoms with Gasteiger partial charge in [-0.25, -0.2) is 14.3 Å². The van der Waals surface area contributed by atoms with Crippen LogP contribution in [0.4, 0.5) is 10.6 Å². The fourth-order valence-corrected chi connectivity index (χ4v) is 7.34. The topological polar surface area (TPSA) is 164 Å². The highest BCUT2D eigenvalue weighted by molar-refractivity contribution is 5.68. The predicted octanol–water partition coefficient (Wildman–Crippen LogP) is 6.75. The van der Waals surface area contributed by atoms with E-state index >= 15 is 0 Å². The molecular weight excluding hydrogens is 771 g/mol. The molecule has 1 unspecified atom stereocenters. The zero-order chi connectivity index (χ0) is 43.1. The van der Waals surface area contributed by atoms with Crippen LogP contribution in [0.3, 0.4) is 0 Å². The Morgan fingerprint density at radius 3 is 2.07 bits per heavy atom. The van der Waals surface area contributed by atoms with Crippen molar-refractivity contribution < 1.29 is 38.3 Å². The van der Waals surface area contributed by atoms with Gasteiger partial charge in [-0.3, -0.25) is 4.79 Å². The average Bonchev–Trinajstić information content (AvgIpc) is 3.66. The van der Waals surface area contributed by atoms with Gasteiger partial charge in [-0.05, 0) is 82.9 Å². The lowest BCUT2D eigenvalue weighted by atomic mass is 10.0. The Morgan fingerprint density at radius 2 is 1.53 bits per heavy atom. The SMILES string of the molecule is CCC[C@H](C)Oc1nc(N(Cc2ccc(OC)cc2OC)Cc2ccc(OC)cc2OC)c2ncc(C(O)c3ccn(C4CCN(C(=O)OC(C)(C)C)CC4)c(=O)c3)n2n1. The molecule has 1 fully saturated rings. The van der Waals surface area contributed by atoms with Crippen LogP contribution >= 0.6 is 0 Å². The molecule has 6 rings (SSSR count). The number of aromatic nitrogens is 5. The summed E-state index contributed by atoms with van der Waals surface area (Å²) in [5.41, 5.74) is 1.86. The summed E-state index contributed by atoms with van der Waals surface area (Å²) in [5.74, 6) is 2.94. The van der Waals surface area contributed by atoms with Crippen molar-refractivity contribution in [3.8, 4) is 29.0 Å². The molecule has 5 aromatic rings. The molecule has 0 bridgehead atoms. The number of benzene rings is 2. The molecule has 16 heteroatoms. The van der Waals surface area contributed by atoms with Crippen LogP contribution in [0.25, 0.3) is 5.65 Å². The number of aliphatic hydroxyl groups is 1. The Bertz CT molecular complexity index is 2260. The Labute approximate surface area is 350 Å². The van der Waals surface area contributed by atoms with Gasteiger partial charge in [0.05, 0.1) is 46.4 Å². The molecule has 4 heterocycles. The fraction of sp³-hybridized carbons (Fsp3) is 0.477. The summed E-state index contributed by atoms with van der Waals surface area (Å²) in [6.45, 7) is 11.1. The van der Waals surface area contributed by atoms with Crippen LogP contribution in [-0.4, -0.2) is 93.5 Å². The first-order valence-electron chi connectivity index (χ1n) is 20.2. The molecular formula is C44H57N7O9. The van der Waals surface area contributed by atoms with Crippen molar-refractivity contribution in [1.82, 2.24) is 29.0 Å². The highest BCUT2D eigenvalue weighted by atomic mass is 16.6. The number of likely N-dealkylation sites (tertiary alicyclic amines) is 1. The zero-order valence-electron chi connectivity index (χ0n) is 36.0. The normalized spacial score (nSPS) is 14.4. The van der Waals surface area contributed by atoms with Gasteiger partial charge >= 0.3 is 12.1 Å². The van der Waals surface area contributed by atoms with Crippen molar-refractivity contribution in [3.05, 3.63) is 93.7 Å². The molecule has 16 nitrogen and oxygen atoms in total. The fourth-order valence-electron chi connectivity index (χ4n) is 7.34. The maximum atomic E-state index is 13.6. The summed E-state index contributed by atoms with van der Waals surface area (Å²) in [4.78, 5) is 39.7. The highest BCUT2D eigenvalue weighted by Crippen LogP contribution is 2.34. The van der Waals surface area contributed by atoms with Crippen molar-refractivity contribution in [2.75, 3.05) is 46.4 Å². The van der Waals surface area contributed by atoms with E-state index in [2.05, 4.69) is 6.92 Å². The maximum absolute atomic E-state index is 13.6. The summed E-state index contributed by atoms with van der Waals surface area (Å²) in [6.07, 6.45) is 4.23. The lowest BCUT2D eigenvalue weighted by molar-refractivity contribution is 0.0187. The number of methoxy groups -OCH3 is 4. The van der Waals surface area contributed by atoms with E-state index in [0.717, 1.165) is 24.0 Å². The summed E-state index contributed by atoms with van der Waals surface area (Å²) in [7, 11) is 6.41. The Hall–Kier alpha value is -6.03. The van der Waals surface area contributed by atoms with Crippen LogP contribution in [0, 0.1) is 0 Å². The number of rotatable bonds is 16. The second-order valence-corrected chi connectivity index (χ2v) is 15.9. The van der Waals surface area contributed by atoms with E-state index in [9.17, 15) is 14.7 Å². The van der Waals surface area contributed by atoms with Gasteiger partial charge in [0.2, 0.25) is 0 Å². The number of imidazole rings is 1. The first-order valence-corrected chi connectivity index (χ1v) is 20.2. The third-order valence-corrected chi connectivity index (χ3v) is 10.4. The molecule has 0 saturated carbocycles. The lowest BCUT2D eigenvalue weighted by Crippen LogP contribution is -2.43. The number of pyridine rings is 1. The van der Waals surface area contributed by atoms with Gasteiger partial charge in [0.25, 0.3) is 5.56 Å². The second-order valence-electron chi connectivity index (χ2n) is 15.9. The van der Waals surface area contributed by atoms with Crippen LogP contribution in [0.15, 0.2) is 65.7 Å². The maximum Gasteiger partial charge on any atom is 0.410 e. The van der Waals surface area contributed by atoms with E-state index in [4.69, 9.17) is 43.5 Å². The van der Waals surface area contributed by atoms with Crippen molar-refractivity contribution in [2.45, 2.75) is 97.2 Å². The highest BCUT2D eigenvalue weighted by Gasteiger charge is 2.29. The van der Waals surface area contributed by atoms with Gasteiger partial charge in [-0.15, -0.1) is 5.10 Å². The van der Waals surface area contributed by atoms with Gasteiger partial charge in [0, 0.05) is 67.7 Å². The van der Waals surface area contributed by atoms with Gasteiger partial charge in [0.1, 0.15) is 34.7 Å². The van der Waals surface area contributed by atoms with E-state index in [0.29, 0.717) is 84.7 Å². The van der Waals surface area contributed by atoms with Crippen LogP contribution in [0.5, 0.6) is 29.0 Å². The molecule has 322 valence electrons. The standard InChI is InChI=1S/C44H57N7O9/c1-10-11-28(2)59-42-46-41(49(26-30-12-14-33(55-6)23-36(30)57-8)27-31-13-15-34(56-7)24-37(31)58-9)40-45-25-35(51(40)47-42)39(53)29-16-21-50(38(52)22-29)32-17-19-48(20-18-32)43(54)60-44(3,4)5/h12-16,21-25,28,32,39,53H,10-11,17-20,26-27H2,1-9H3/t28-,39?/m0/s1. The third-order valence-electron chi connectivity index (χ3n) is 10.4. The average molecular weight is 828 g/mol. The number of amides is 1. The summed E-state index contributed by atoms with van der Waals surface area (Å²) in [6, 6.07) is 14.4. The molecule has 1 aliphatic heterocycles. The Morgan fingerprint density at radius 1 is 0.917 bits per heavy atom. The molecule has 1 N–H and O–H groups in total. The van der Waals surface area contributed by atoms with Gasteiger partial charge in [-0.1, -0.05) is 13.3 Å². The summed E-state index contributed by atoms with van der Waals surface area (Å²) < 4.78 is 37.6. The number of fused-ring (bicyclic) bond motifs is 1. The van der Waals surface area contributed by atoms with E-state index in [1.807, 2.05) is 69.0 Å². The Kier molecular flexibility index (Phi) is 13.7. The van der Waals surface area contributed by atoms with Crippen molar-refractivity contribution in [2.24, 2.45) is 0 Å². The van der Waals surface area contributed by atoms with Gasteiger partial charge < -0.3 is 47.9 Å². The second kappa shape index (κ2) is 18.9. The quantitative estimate of drug-likeness (QED) is 0.111. The molecule has 2 aromatic carbocycles. The first-order chi connectivity index (χ1) is 28.7. The van der Waals surface area contributed by atoms with Crippen LogP contribution in [0.1, 0.15) is 94.8 Å². The van der Waals surface area contributed by atoms with Crippen LogP contribution in [-0.2, 0) is 17.8 Å². The number of ether oxygens (including phenoxy) is 6. The molecule has 60 heavy (non-hydrogen) atoms. The lowest BCUT2D eigenvalue weighted by Gasteiger charge is -2.34. The minimum Gasteiger partial charge on any atom is -0.497 e. The number of hydrogen-bond donors (Lipinski definition) is 1. The van der Waals surface area contributed by atoms with Crippen molar-refractivity contribution in [1.29, 1.82) is 0 Å². The first kappa shape index (κ1) is 43.5. The number of hydrogen-bond acceptors (Lipinski definition) is 13. The molecule has 1 saturated heterocycles. The van der Waals surface area contributed by atoms with Crippen LogP contribution < -0.4 is 34.1 Å². The molecule has 0 aliphatic carbocycles. The molecule has 2 atom stereocenters. The number of piperidine rings is 1. The minimum absolute atomic E-state index is 0.0893. The molecule has 1 amide bonds. The van der Waals surface area contributed by atoms with E-state index in [1.54, 1.807) is 50.2 Å². The largest absolute Gasteiger partial charge is 0.497 e. The smallest absolute Gasteiger partial charge is 0.410 e. The predicted molar refractivity (Wildman–Crippen MR) is 226 cm³/mol. The number of anilines is 1. The number of aliphatic hydroxyl groups excluding tert-OH is 1. The van der Waals surface area contributed by atoms with Gasteiger partial charge in [-0.2, -0.15) is 4.98 Å². The molecule has 1 aliphatic rings. The van der Waals surface area contributed by atoms with Crippen LogP contribution in [0.2, 0.25) is 0 Å². The van der Waals surface area contributed by atoms with E-state index < -0.39 is 11.7 Å². The number of carbonyl (C=O) groups excluding carboxylic acids is 1. The molecule has 0 radical (unpaired) electrons. The minimum atomic E-state index is -1.28. The number of nitrogens with zero attached hydrogens (tertiary/aromatic N) is 7. The van der Waals surface area contributed by atoms with Crippen molar-refractivity contribution in [3.63, 3.8) is 0 Å². The number of carbonyl (C=O) groups is 1. The third kappa shape index (κ3) is 10.0. The zero-order valence-corrected chi connectivity index (χ0v) is 36.0. The Balaban J connectivity index is 1.38. The van der Waals surface area contributed by atoms with E-state index in [-0.39, 0.29) is 29.8 Å². The summed E-state index contributed by atoms with van der Waals surface area (Å²) >= 11 is 0. The van der Waals surface area contributed by atoms with E-state index in [1.165, 1.54) is 16.8 Å². The summed E-state index contributed by atoms with van der Waals surface area (Å²) in [5, 5.41) is 16.7. The molecule has 3 aromatic heterocycles. The van der Waals surface area contributed by atoms with Gasteiger partial charge in [0.15, 0.2) is 11.5 Å². The monoisotopic (exact) mass is 827 g/mol. The van der Waals surface area contributed by atoms with Crippen molar-refractivity contribution >= 4 is 17.6 Å². The molecule has 0 spiro atoms.